The van der Waals surface area contributed by atoms with Crippen LogP contribution in [0.25, 0.3) is 16.5 Å². The highest BCUT2D eigenvalue weighted by Gasteiger charge is 2.20. The highest BCUT2D eigenvalue weighted by Crippen LogP contribution is 2.22. The first-order valence-corrected chi connectivity index (χ1v) is 8.75. The van der Waals surface area contributed by atoms with Crippen LogP contribution in [0.2, 0.25) is 0 Å². The molecular formula is C17H15N5OS. The van der Waals surface area contributed by atoms with Crippen LogP contribution in [0, 0.1) is 0 Å². The molecule has 0 aliphatic carbocycles. The number of rotatable bonds is 3. The average molecular weight is 337 g/mol. The molecule has 24 heavy (non-hydrogen) atoms. The molecule has 6 nitrogen and oxygen atoms in total. The summed E-state index contributed by atoms with van der Waals surface area (Å²) >= 11 is 1.66. The van der Waals surface area contributed by atoms with Gasteiger partial charge in [0.05, 0.1) is 17.7 Å². The number of furan rings is 1. The highest BCUT2D eigenvalue weighted by molar-refractivity contribution is 7.15. The molecule has 0 atom stereocenters. The lowest BCUT2D eigenvalue weighted by Crippen LogP contribution is -2.31. The Morgan fingerprint density at radius 3 is 3.17 bits per heavy atom. The molecule has 120 valence electrons. The van der Waals surface area contributed by atoms with E-state index in [2.05, 4.69) is 35.8 Å². The SMILES string of the molecule is c1coc(-c2ncc3c(n2)CCN(Cc2cn4ccsc4n2)C3)c1. The van der Waals surface area contributed by atoms with Gasteiger partial charge in [-0.1, -0.05) is 0 Å². The van der Waals surface area contributed by atoms with Crippen LogP contribution in [-0.4, -0.2) is 30.8 Å². The summed E-state index contributed by atoms with van der Waals surface area (Å²) in [7, 11) is 0. The molecule has 0 aromatic carbocycles. The van der Waals surface area contributed by atoms with Crippen molar-refractivity contribution in [3.63, 3.8) is 0 Å². The third kappa shape index (κ3) is 2.42. The molecule has 1 aliphatic heterocycles. The maximum Gasteiger partial charge on any atom is 0.195 e. The number of thiazole rings is 1. The quantitative estimate of drug-likeness (QED) is 0.575. The van der Waals surface area contributed by atoms with Crippen molar-refractivity contribution in [2.24, 2.45) is 0 Å². The lowest BCUT2D eigenvalue weighted by Gasteiger charge is -2.27. The van der Waals surface area contributed by atoms with Gasteiger partial charge in [0.2, 0.25) is 0 Å². The van der Waals surface area contributed by atoms with Gasteiger partial charge < -0.3 is 4.42 Å². The molecular weight excluding hydrogens is 322 g/mol. The summed E-state index contributed by atoms with van der Waals surface area (Å²) in [5, 5.41) is 2.05. The molecule has 4 aromatic heterocycles. The van der Waals surface area contributed by atoms with Crippen LogP contribution in [0.4, 0.5) is 0 Å². The molecule has 7 heteroatoms. The Kier molecular flexibility index (Phi) is 3.20. The molecule has 0 amide bonds. The van der Waals surface area contributed by atoms with E-state index in [1.807, 2.05) is 24.5 Å². The molecule has 0 spiro atoms. The maximum absolute atomic E-state index is 5.39. The first-order chi connectivity index (χ1) is 11.8. The van der Waals surface area contributed by atoms with Crippen LogP contribution in [0.15, 0.2) is 46.8 Å². The fourth-order valence-electron chi connectivity index (χ4n) is 3.12. The van der Waals surface area contributed by atoms with Crippen LogP contribution in [0.1, 0.15) is 17.0 Å². The molecule has 0 unspecified atom stereocenters. The molecule has 0 fully saturated rings. The van der Waals surface area contributed by atoms with E-state index in [0.29, 0.717) is 5.82 Å². The molecule has 0 saturated heterocycles. The van der Waals surface area contributed by atoms with E-state index in [-0.39, 0.29) is 0 Å². The number of hydrogen-bond donors (Lipinski definition) is 0. The van der Waals surface area contributed by atoms with E-state index in [4.69, 9.17) is 4.42 Å². The van der Waals surface area contributed by atoms with Crippen LogP contribution in [0.5, 0.6) is 0 Å². The van der Waals surface area contributed by atoms with Crippen molar-refractivity contribution in [3.05, 3.63) is 59.3 Å². The van der Waals surface area contributed by atoms with Gasteiger partial charge in [-0.3, -0.25) is 9.30 Å². The van der Waals surface area contributed by atoms with Crippen molar-refractivity contribution in [2.75, 3.05) is 6.54 Å². The van der Waals surface area contributed by atoms with Crippen molar-refractivity contribution in [1.29, 1.82) is 0 Å². The van der Waals surface area contributed by atoms with Crippen molar-refractivity contribution in [3.8, 4) is 11.6 Å². The summed E-state index contributed by atoms with van der Waals surface area (Å²) in [6.45, 7) is 2.69. The van der Waals surface area contributed by atoms with Crippen LogP contribution < -0.4 is 0 Å². The van der Waals surface area contributed by atoms with Crippen LogP contribution in [0.3, 0.4) is 0 Å². The lowest BCUT2D eigenvalue weighted by atomic mass is 10.1. The zero-order valence-corrected chi connectivity index (χ0v) is 13.7. The standard InChI is InChI=1S/C17H15N5OS/c1-2-15(23-6-1)16-18-8-12-9-21(4-3-14(12)20-16)10-13-11-22-5-7-24-17(22)19-13/h1-2,5-8,11H,3-4,9-10H2. The van der Waals surface area contributed by atoms with Gasteiger partial charge in [-0.2, -0.15) is 0 Å². The zero-order valence-electron chi connectivity index (χ0n) is 12.9. The van der Waals surface area contributed by atoms with E-state index in [1.54, 1.807) is 17.6 Å². The molecule has 5 rings (SSSR count). The van der Waals surface area contributed by atoms with E-state index in [9.17, 15) is 0 Å². The molecule has 0 N–H and O–H groups in total. The summed E-state index contributed by atoms with van der Waals surface area (Å²) < 4.78 is 7.47. The first kappa shape index (κ1) is 13.9. The second-order valence-electron chi connectivity index (χ2n) is 5.93. The third-order valence-corrected chi connectivity index (χ3v) is 5.05. The van der Waals surface area contributed by atoms with Gasteiger partial charge in [0.15, 0.2) is 16.5 Å². The molecule has 0 radical (unpaired) electrons. The van der Waals surface area contributed by atoms with E-state index in [1.165, 1.54) is 5.56 Å². The predicted molar refractivity (Wildman–Crippen MR) is 90.6 cm³/mol. The average Bonchev–Trinajstić information content (AvgIpc) is 3.31. The van der Waals surface area contributed by atoms with Crippen molar-refractivity contribution in [1.82, 2.24) is 24.3 Å². The van der Waals surface area contributed by atoms with E-state index < -0.39 is 0 Å². The van der Waals surface area contributed by atoms with Crippen LogP contribution in [-0.2, 0) is 19.5 Å². The fourth-order valence-corrected chi connectivity index (χ4v) is 3.83. The van der Waals surface area contributed by atoms with Crippen LogP contribution >= 0.6 is 11.3 Å². The topological polar surface area (TPSA) is 59.5 Å². The largest absolute Gasteiger partial charge is 0.461 e. The maximum atomic E-state index is 5.39. The van der Waals surface area contributed by atoms with Crippen molar-refractivity contribution < 1.29 is 4.42 Å². The third-order valence-electron chi connectivity index (χ3n) is 4.28. The summed E-state index contributed by atoms with van der Waals surface area (Å²) in [6, 6.07) is 3.75. The number of fused-ring (bicyclic) bond motifs is 2. The lowest BCUT2D eigenvalue weighted by molar-refractivity contribution is 0.240. The van der Waals surface area contributed by atoms with Gasteiger partial charge in [0.25, 0.3) is 0 Å². The van der Waals surface area contributed by atoms with Gasteiger partial charge in [-0.05, 0) is 12.1 Å². The van der Waals surface area contributed by atoms with Crippen molar-refractivity contribution >= 4 is 16.3 Å². The molecule has 1 aliphatic rings. The highest BCUT2D eigenvalue weighted by atomic mass is 32.1. The molecule has 0 saturated carbocycles. The van der Waals surface area contributed by atoms with E-state index >= 15 is 0 Å². The minimum absolute atomic E-state index is 0.668. The molecule has 5 heterocycles. The van der Waals surface area contributed by atoms with Gasteiger partial charge in [-0.25, -0.2) is 15.0 Å². The van der Waals surface area contributed by atoms with E-state index in [0.717, 1.165) is 48.2 Å². The molecule has 4 aromatic rings. The Morgan fingerprint density at radius 2 is 2.29 bits per heavy atom. The smallest absolute Gasteiger partial charge is 0.195 e. The van der Waals surface area contributed by atoms with Gasteiger partial charge >= 0.3 is 0 Å². The Balaban J connectivity index is 1.35. The first-order valence-electron chi connectivity index (χ1n) is 7.87. The number of nitrogens with zero attached hydrogens (tertiary/aromatic N) is 5. The summed E-state index contributed by atoms with van der Waals surface area (Å²) in [4.78, 5) is 17.2. The monoisotopic (exact) mass is 337 g/mol. The summed E-state index contributed by atoms with van der Waals surface area (Å²) in [5.41, 5.74) is 3.43. The van der Waals surface area contributed by atoms with Gasteiger partial charge in [-0.15, -0.1) is 11.3 Å². The number of hydrogen-bond acceptors (Lipinski definition) is 6. The second-order valence-corrected chi connectivity index (χ2v) is 6.80. The summed E-state index contributed by atoms with van der Waals surface area (Å²) in [5.74, 6) is 1.39. The number of aromatic nitrogens is 4. The fraction of sp³-hybridized carbons (Fsp3) is 0.235. The summed E-state index contributed by atoms with van der Waals surface area (Å²) in [6.07, 6.45) is 8.66. The predicted octanol–water partition coefficient (Wildman–Crippen LogP) is 3.00. The minimum atomic E-state index is 0.668. The Morgan fingerprint density at radius 1 is 1.29 bits per heavy atom. The van der Waals surface area contributed by atoms with Gasteiger partial charge in [0, 0.05) is 55.6 Å². The van der Waals surface area contributed by atoms with Crippen molar-refractivity contribution in [2.45, 2.75) is 19.5 Å². The Bertz CT molecular complexity index is 959. The van der Waals surface area contributed by atoms with Gasteiger partial charge in [0.1, 0.15) is 0 Å². The Labute approximate surface area is 142 Å². The Hall–Kier alpha value is -2.51. The normalized spacial score (nSPS) is 15.0. The number of imidazole rings is 1. The molecule has 0 bridgehead atoms. The second kappa shape index (κ2) is 5.54. The minimum Gasteiger partial charge on any atom is -0.461 e. The zero-order chi connectivity index (χ0) is 15.9.